The van der Waals surface area contributed by atoms with E-state index in [2.05, 4.69) is 51.2 Å². The van der Waals surface area contributed by atoms with Gasteiger partial charge in [0.15, 0.2) is 0 Å². The van der Waals surface area contributed by atoms with Crippen LogP contribution in [0, 0.1) is 12.8 Å². The molecule has 0 heterocycles. The molecule has 2 nitrogen and oxygen atoms in total. The normalized spacial score (nSPS) is 16.7. The first-order valence-electron chi connectivity index (χ1n) is 7.54. The third-order valence-corrected chi connectivity index (χ3v) is 3.91. The zero-order valence-corrected chi connectivity index (χ0v) is 12.7. The third-order valence-electron chi connectivity index (χ3n) is 3.91. The Bertz CT molecular complexity index is 410. The molecule has 0 bridgehead atoms. The molecule has 0 aliphatic heterocycles. The summed E-state index contributed by atoms with van der Waals surface area (Å²) >= 11 is 0. The van der Waals surface area contributed by atoms with Crippen molar-refractivity contribution in [1.29, 1.82) is 0 Å². The molecule has 0 aromatic heterocycles. The van der Waals surface area contributed by atoms with Crippen molar-refractivity contribution < 1.29 is 4.74 Å². The van der Waals surface area contributed by atoms with Crippen LogP contribution in [0.1, 0.15) is 50.7 Å². The summed E-state index contributed by atoms with van der Waals surface area (Å²) in [6.45, 7) is 10.5. The summed E-state index contributed by atoms with van der Waals surface area (Å²) in [6.07, 6.45) is 2.79. The first kappa shape index (κ1) is 14.4. The van der Waals surface area contributed by atoms with E-state index in [1.807, 2.05) is 0 Å². The molecule has 2 rings (SSSR count). The molecule has 0 radical (unpaired) electrons. The Morgan fingerprint density at radius 2 is 1.95 bits per heavy atom. The Labute approximate surface area is 117 Å². The van der Waals surface area contributed by atoms with Gasteiger partial charge >= 0.3 is 0 Å². The fraction of sp³-hybridized carbons (Fsp3) is 0.647. The molecule has 0 saturated heterocycles. The summed E-state index contributed by atoms with van der Waals surface area (Å²) in [4.78, 5) is 0. The van der Waals surface area contributed by atoms with Crippen LogP contribution in [0.25, 0.3) is 0 Å². The van der Waals surface area contributed by atoms with E-state index < -0.39 is 0 Å². The van der Waals surface area contributed by atoms with Crippen LogP contribution in [-0.4, -0.2) is 19.2 Å². The van der Waals surface area contributed by atoms with Gasteiger partial charge in [0.2, 0.25) is 0 Å². The number of nitrogens with one attached hydrogen (secondary N) is 1. The van der Waals surface area contributed by atoms with Crippen molar-refractivity contribution in [1.82, 2.24) is 5.32 Å². The second kappa shape index (κ2) is 6.42. The van der Waals surface area contributed by atoms with Gasteiger partial charge in [0.25, 0.3) is 0 Å². The van der Waals surface area contributed by atoms with Crippen LogP contribution in [-0.2, 0) is 0 Å². The van der Waals surface area contributed by atoms with Crippen LogP contribution in [0.15, 0.2) is 18.2 Å². The zero-order chi connectivity index (χ0) is 13.8. The Morgan fingerprint density at radius 1 is 1.21 bits per heavy atom. The highest BCUT2D eigenvalue weighted by molar-refractivity contribution is 5.35. The van der Waals surface area contributed by atoms with Crippen LogP contribution in [0.3, 0.4) is 0 Å². The molecule has 2 heteroatoms. The van der Waals surface area contributed by atoms with Gasteiger partial charge in [-0.25, -0.2) is 0 Å². The zero-order valence-electron chi connectivity index (χ0n) is 12.7. The maximum atomic E-state index is 5.87. The van der Waals surface area contributed by atoms with Crippen LogP contribution < -0.4 is 10.1 Å². The lowest BCUT2D eigenvalue weighted by Crippen LogP contribution is -2.31. The van der Waals surface area contributed by atoms with Crippen LogP contribution in [0.5, 0.6) is 5.75 Å². The van der Waals surface area contributed by atoms with Crippen LogP contribution in [0.2, 0.25) is 0 Å². The molecule has 19 heavy (non-hydrogen) atoms. The topological polar surface area (TPSA) is 21.3 Å². The molecule has 1 aromatic rings. The van der Waals surface area contributed by atoms with E-state index in [0.717, 1.165) is 24.8 Å². The standard InChI is InChI=1S/C17H27NO/c1-12(2)16-9-13(3)10-17(11-16)19-8-7-18-14(4)15-5-6-15/h9-12,14-15,18H,5-8H2,1-4H3. The fourth-order valence-electron chi connectivity index (χ4n) is 2.41. The number of aryl methyl sites for hydroxylation is 1. The average molecular weight is 261 g/mol. The molecule has 1 aromatic carbocycles. The lowest BCUT2D eigenvalue weighted by molar-refractivity contribution is 0.303. The quantitative estimate of drug-likeness (QED) is 0.752. The fourth-order valence-corrected chi connectivity index (χ4v) is 2.41. The van der Waals surface area contributed by atoms with Gasteiger partial charge in [-0.05, 0) is 61.8 Å². The Morgan fingerprint density at radius 3 is 2.58 bits per heavy atom. The average Bonchev–Trinajstić information content (AvgIpc) is 3.17. The summed E-state index contributed by atoms with van der Waals surface area (Å²) < 4.78 is 5.87. The first-order valence-corrected chi connectivity index (χ1v) is 7.54. The molecule has 0 amide bonds. The van der Waals surface area contributed by atoms with E-state index >= 15 is 0 Å². The molecular weight excluding hydrogens is 234 g/mol. The molecule has 106 valence electrons. The highest BCUT2D eigenvalue weighted by Gasteiger charge is 2.27. The second-order valence-corrected chi connectivity index (χ2v) is 6.16. The molecule has 1 atom stereocenters. The van der Waals surface area contributed by atoms with Gasteiger partial charge in [0.1, 0.15) is 12.4 Å². The van der Waals surface area contributed by atoms with Crippen molar-refractivity contribution in [2.45, 2.75) is 52.5 Å². The van der Waals surface area contributed by atoms with E-state index in [1.54, 1.807) is 0 Å². The summed E-state index contributed by atoms with van der Waals surface area (Å²) in [7, 11) is 0. The van der Waals surface area contributed by atoms with E-state index in [9.17, 15) is 0 Å². The van der Waals surface area contributed by atoms with Crippen molar-refractivity contribution >= 4 is 0 Å². The molecule has 1 N–H and O–H groups in total. The van der Waals surface area contributed by atoms with Gasteiger partial charge in [-0.3, -0.25) is 0 Å². The Kier molecular flexibility index (Phi) is 4.87. The van der Waals surface area contributed by atoms with Gasteiger partial charge in [-0.15, -0.1) is 0 Å². The van der Waals surface area contributed by atoms with Crippen LogP contribution >= 0.6 is 0 Å². The number of rotatable bonds is 7. The van der Waals surface area contributed by atoms with E-state index in [1.165, 1.54) is 24.0 Å². The lowest BCUT2D eigenvalue weighted by atomic mass is 10.0. The Hall–Kier alpha value is -1.02. The molecule has 1 aliphatic carbocycles. The number of ether oxygens (including phenoxy) is 1. The van der Waals surface area contributed by atoms with Gasteiger partial charge in [0, 0.05) is 12.6 Å². The molecule has 1 aliphatic rings. The summed E-state index contributed by atoms with van der Waals surface area (Å²) in [5.41, 5.74) is 2.63. The van der Waals surface area contributed by atoms with Gasteiger partial charge in [-0.1, -0.05) is 19.9 Å². The summed E-state index contributed by atoms with van der Waals surface area (Å²) in [6, 6.07) is 7.18. The van der Waals surface area contributed by atoms with Gasteiger partial charge in [0.05, 0.1) is 0 Å². The van der Waals surface area contributed by atoms with Crippen molar-refractivity contribution in [2.75, 3.05) is 13.2 Å². The summed E-state index contributed by atoms with van der Waals surface area (Å²) in [5, 5.41) is 3.54. The van der Waals surface area contributed by atoms with E-state index in [0.29, 0.717) is 12.0 Å². The monoisotopic (exact) mass is 261 g/mol. The molecule has 1 unspecified atom stereocenters. The van der Waals surface area contributed by atoms with Crippen molar-refractivity contribution in [3.63, 3.8) is 0 Å². The molecule has 1 fully saturated rings. The highest BCUT2D eigenvalue weighted by Crippen LogP contribution is 2.32. The SMILES string of the molecule is Cc1cc(OCCNC(C)C2CC2)cc(C(C)C)c1. The lowest BCUT2D eigenvalue weighted by Gasteiger charge is -2.14. The van der Waals surface area contributed by atoms with Crippen molar-refractivity contribution in [3.05, 3.63) is 29.3 Å². The van der Waals surface area contributed by atoms with E-state index in [-0.39, 0.29) is 0 Å². The van der Waals surface area contributed by atoms with E-state index in [4.69, 9.17) is 4.74 Å². The number of hydrogen-bond donors (Lipinski definition) is 1. The molecular formula is C17H27NO. The molecule has 0 spiro atoms. The predicted molar refractivity (Wildman–Crippen MR) is 81.0 cm³/mol. The number of benzene rings is 1. The maximum absolute atomic E-state index is 5.87. The van der Waals surface area contributed by atoms with Crippen molar-refractivity contribution in [3.8, 4) is 5.75 Å². The predicted octanol–water partition coefficient (Wildman–Crippen LogP) is 3.89. The minimum absolute atomic E-state index is 0.551. The highest BCUT2D eigenvalue weighted by atomic mass is 16.5. The second-order valence-electron chi connectivity index (χ2n) is 6.16. The van der Waals surface area contributed by atoms with Gasteiger partial charge in [-0.2, -0.15) is 0 Å². The minimum Gasteiger partial charge on any atom is -0.492 e. The largest absolute Gasteiger partial charge is 0.492 e. The first-order chi connectivity index (χ1) is 9.06. The van der Waals surface area contributed by atoms with Crippen LogP contribution in [0.4, 0.5) is 0 Å². The minimum atomic E-state index is 0.551. The molecule has 1 saturated carbocycles. The van der Waals surface area contributed by atoms with Gasteiger partial charge < -0.3 is 10.1 Å². The maximum Gasteiger partial charge on any atom is 0.119 e. The van der Waals surface area contributed by atoms with Crippen molar-refractivity contribution in [2.24, 2.45) is 5.92 Å². The number of hydrogen-bond acceptors (Lipinski definition) is 2. The third kappa shape index (κ3) is 4.54. The smallest absolute Gasteiger partial charge is 0.119 e. The Balaban J connectivity index is 1.78. The summed E-state index contributed by atoms with van der Waals surface area (Å²) in [5.74, 6) is 2.46.